The van der Waals surface area contributed by atoms with Crippen molar-refractivity contribution in [1.29, 1.82) is 0 Å². The molecule has 174 valence electrons. The number of nitrogens with two attached hydrogens (primary N) is 1. The summed E-state index contributed by atoms with van der Waals surface area (Å²) in [5.41, 5.74) is 6.17. The summed E-state index contributed by atoms with van der Waals surface area (Å²) in [7, 11) is 2.95. The van der Waals surface area contributed by atoms with Gasteiger partial charge in [0.2, 0.25) is 5.16 Å². The number of hydrogen-bond donors (Lipinski definition) is 3. The summed E-state index contributed by atoms with van der Waals surface area (Å²) in [6, 6.07) is -0.924. The first-order valence-corrected chi connectivity index (χ1v) is 12.1. The maximum absolute atomic E-state index is 12.9. The number of β-lactam (4-membered cyclic amide) rings is 1. The van der Waals surface area contributed by atoms with E-state index in [1.165, 1.54) is 40.2 Å². The van der Waals surface area contributed by atoms with Crippen molar-refractivity contribution in [2.45, 2.75) is 16.6 Å². The molecule has 17 heteroatoms. The maximum Gasteiger partial charge on any atom is 0.352 e. The molecule has 2 aliphatic heterocycles. The molecule has 4 N–H and O–H groups in total. The van der Waals surface area contributed by atoms with Crippen LogP contribution in [0.3, 0.4) is 0 Å². The molecule has 1 fully saturated rings. The van der Waals surface area contributed by atoms with Crippen LogP contribution in [0.4, 0.5) is 5.13 Å². The Kier molecular flexibility index (Phi) is 6.52. The first-order valence-electron chi connectivity index (χ1n) is 9.20. The minimum atomic E-state index is -1.22. The number of amides is 2. The predicted molar refractivity (Wildman–Crippen MR) is 119 cm³/mol. The molecular formula is C16H17N9O5S3. The molecule has 4 rings (SSSR count). The first-order chi connectivity index (χ1) is 15.8. The largest absolute Gasteiger partial charge is 0.477 e. The van der Waals surface area contributed by atoms with Crippen molar-refractivity contribution in [3.05, 3.63) is 22.3 Å². The Bertz CT molecular complexity index is 1180. The minimum Gasteiger partial charge on any atom is -0.477 e. The zero-order chi connectivity index (χ0) is 23.7. The number of thioether (sulfide) groups is 2. The number of carbonyl (C=O) groups excluding carboxylic acids is 2. The quantitative estimate of drug-likeness (QED) is 0.172. The van der Waals surface area contributed by atoms with E-state index in [9.17, 15) is 19.5 Å². The van der Waals surface area contributed by atoms with Crippen molar-refractivity contribution < 1.29 is 24.3 Å². The van der Waals surface area contributed by atoms with Crippen LogP contribution in [0.25, 0.3) is 0 Å². The fourth-order valence-corrected chi connectivity index (χ4v) is 6.07. The highest BCUT2D eigenvalue weighted by molar-refractivity contribution is 8.01. The van der Waals surface area contributed by atoms with Crippen molar-refractivity contribution in [2.75, 3.05) is 24.3 Å². The molecule has 0 saturated carbocycles. The smallest absolute Gasteiger partial charge is 0.352 e. The van der Waals surface area contributed by atoms with E-state index in [0.717, 1.165) is 11.3 Å². The molecule has 2 amide bonds. The molecule has 0 aliphatic carbocycles. The predicted octanol–water partition coefficient (Wildman–Crippen LogP) is -0.870. The Morgan fingerprint density at radius 1 is 1.48 bits per heavy atom. The minimum absolute atomic E-state index is 0.0880. The number of aliphatic carboxylic acids is 1. The van der Waals surface area contributed by atoms with Gasteiger partial charge in [0.1, 0.15) is 29.9 Å². The third-order valence-corrected chi connectivity index (χ3v) is 7.77. The lowest BCUT2D eigenvalue weighted by Crippen LogP contribution is -2.71. The molecule has 2 aliphatic rings. The summed E-state index contributed by atoms with van der Waals surface area (Å²) in [5.74, 6) is -1.77. The van der Waals surface area contributed by atoms with Gasteiger partial charge in [-0.25, -0.2) is 14.5 Å². The number of nitrogens with one attached hydrogen (secondary N) is 1. The Balaban J connectivity index is 1.49. The summed E-state index contributed by atoms with van der Waals surface area (Å²) in [6.07, 6.45) is 0. The van der Waals surface area contributed by atoms with E-state index in [4.69, 9.17) is 10.6 Å². The number of tetrazole rings is 1. The van der Waals surface area contributed by atoms with Gasteiger partial charge in [-0.3, -0.25) is 14.5 Å². The van der Waals surface area contributed by atoms with Crippen LogP contribution in [0.5, 0.6) is 0 Å². The molecular weight excluding hydrogens is 494 g/mol. The molecule has 14 nitrogen and oxygen atoms in total. The van der Waals surface area contributed by atoms with Crippen LogP contribution in [0.15, 0.2) is 27.0 Å². The number of nitrogens with zero attached hydrogens (tertiary/aromatic N) is 7. The molecule has 0 aromatic carbocycles. The number of anilines is 1. The Morgan fingerprint density at radius 3 is 2.88 bits per heavy atom. The van der Waals surface area contributed by atoms with Gasteiger partial charge in [0.15, 0.2) is 10.8 Å². The van der Waals surface area contributed by atoms with Gasteiger partial charge in [0, 0.05) is 23.9 Å². The van der Waals surface area contributed by atoms with Gasteiger partial charge in [0.05, 0.1) is 0 Å². The SMILES string of the molecule is CO/N=C(/C(=O)NC1C(=O)N2C(C(=O)O)=C(CSc3nnnn3C)CSC12)c1csc(N)n1. The van der Waals surface area contributed by atoms with E-state index in [1.54, 1.807) is 12.4 Å². The number of nitrogen functional groups attached to an aromatic ring is 1. The second-order valence-electron chi connectivity index (χ2n) is 6.69. The van der Waals surface area contributed by atoms with Crippen molar-refractivity contribution >= 4 is 63.5 Å². The lowest BCUT2D eigenvalue weighted by atomic mass is 10.0. The number of aryl methyl sites for hydroxylation is 1. The third kappa shape index (κ3) is 4.38. The number of thiazole rings is 1. The molecule has 0 radical (unpaired) electrons. The second kappa shape index (κ2) is 9.36. The van der Waals surface area contributed by atoms with Crippen molar-refractivity contribution in [3.63, 3.8) is 0 Å². The van der Waals surface area contributed by atoms with Crippen LogP contribution in [0.2, 0.25) is 0 Å². The summed E-state index contributed by atoms with van der Waals surface area (Å²) in [4.78, 5) is 47.6. The molecule has 2 aromatic rings. The van der Waals surface area contributed by atoms with Crippen molar-refractivity contribution in [1.82, 2.24) is 35.4 Å². The molecule has 1 saturated heterocycles. The van der Waals surface area contributed by atoms with Gasteiger partial charge in [-0.1, -0.05) is 16.9 Å². The molecule has 4 heterocycles. The number of fused-ring (bicyclic) bond motifs is 1. The number of hydrogen-bond acceptors (Lipinski definition) is 13. The van der Waals surface area contributed by atoms with E-state index in [-0.39, 0.29) is 22.2 Å². The highest BCUT2D eigenvalue weighted by Crippen LogP contribution is 2.41. The van der Waals surface area contributed by atoms with Crippen LogP contribution in [-0.2, 0) is 26.3 Å². The lowest BCUT2D eigenvalue weighted by Gasteiger charge is -2.49. The average molecular weight is 512 g/mol. The van der Waals surface area contributed by atoms with Gasteiger partial charge in [-0.2, -0.15) is 0 Å². The topological polar surface area (TPSA) is 191 Å². The zero-order valence-electron chi connectivity index (χ0n) is 17.2. The number of rotatable bonds is 8. The highest BCUT2D eigenvalue weighted by atomic mass is 32.2. The summed E-state index contributed by atoms with van der Waals surface area (Å²) >= 11 is 3.75. The number of aromatic nitrogens is 5. The first kappa shape index (κ1) is 23.0. The van der Waals surface area contributed by atoms with Gasteiger partial charge < -0.3 is 21.0 Å². The third-order valence-electron chi connectivity index (χ3n) is 4.66. The molecule has 33 heavy (non-hydrogen) atoms. The summed E-state index contributed by atoms with van der Waals surface area (Å²) < 4.78 is 1.47. The number of carboxylic acids is 1. The molecule has 2 unspecified atom stereocenters. The van der Waals surface area contributed by atoms with Crippen molar-refractivity contribution in [3.8, 4) is 0 Å². The van der Waals surface area contributed by atoms with Crippen LogP contribution >= 0.6 is 34.9 Å². The van der Waals surface area contributed by atoms with Crippen LogP contribution in [-0.4, -0.2) is 88.7 Å². The Hall–Kier alpha value is -3.18. The van der Waals surface area contributed by atoms with E-state index in [0.29, 0.717) is 22.2 Å². The lowest BCUT2D eigenvalue weighted by molar-refractivity contribution is -0.150. The summed E-state index contributed by atoms with van der Waals surface area (Å²) in [5, 5.41) is 29.0. The fourth-order valence-electron chi connectivity index (χ4n) is 3.19. The standard InChI is InChI=1S/C16H17N9O5S3/c1-24-16(20-22-23-24)33-4-6-3-31-13-9(12(27)25(13)10(6)14(28)29)19-11(26)8(21-30-2)7-5-32-15(17)18-7/h5,9,13H,3-4H2,1-2H3,(H2,17,18)(H,19,26)(H,28,29)/b21-8+. The van der Waals surface area contributed by atoms with Crippen LogP contribution in [0.1, 0.15) is 5.69 Å². The maximum atomic E-state index is 12.9. The van der Waals surface area contributed by atoms with E-state index in [1.807, 2.05) is 0 Å². The molecule has 2 atom stereocenters. The van der Waals surface area contributed by atoms with Gasteiger partial charge in [0.25, 0.3) is 11.8 Å². The van der Waals surface area contributed by atoms with Crippen molar-refractivity contribution in [2.24, 2.45) is 12.2 Å². The normalized spacial score (nSPS) is 20.4. The fraction of sp³-hybridized carbons (Fsp3) is 0.375. The van der Waals surface area contributed by atoms with E-state index < -0.39 is 29.2 Å². The van der Waals surface area contributed by atoms with Crippen LogP contribution in [0, 0.1) is 0 Å². The van der Waals surface area contributed by atoms with Crippen LogP contribution < -0.4 is 11.1 Å². The van der Waals surface area contributed by atoms with E-state index in [2.05, 4.69) is 31.0 Å². The zero-order valence-corrected chi connectivity index (χ0v) is 19.6. The number of carboxylic acid groups (broad SMARTS) is 1. The number of oxime groups is 1. The van der Waals surface area contributed by atoms with Gasteiger partial charge in [-0.15, -0.1) is 28.2 Å². The summed E-state index contributed by atoms with van der Waals surface area (Å²) in [6.45, 7) is 0. The highest BCUT2D eigenvalue weighted by Gasteiger charge is 2.54. The number of carbonyl (C=O) groups is 3. The average Bonchev–Trinajstić information content (AvgIpc) is 3.40. The Morgan fingerprint density at radius 2 is 2.27 bits per heavy atom. The molecule has 2 aromatic heterocycles. The van der Waals surface area contributed by atoms with Gasteiger partial charge >= 0.3 is 5.97 Å². The van der Waals surface area contributed by atoms with E-state index >= 15 is 0 Å². The monoisotopic (exact) mass is 511 g/mol. The van der Waals surface area contributed by atoms with Gasteiger partial charge in [-0.05, 0) is 16.0 Å². The second-order valence-corrected chi connectivity index (χ2v) is 9.62. The molecule has 0 spiro atoms. The molecule has 0 bridgehead atoms. The Labute approximate surface area is 198 Å².